The Kier molecular flexibility index (Phi) is 6.64. The van der Waals surface area contributed by atoms with Crippen LogP contribution in [0.3, 0.4) is 0 Å². The highest BCUT2D eigenvalue weighted by molar-refractivity contribution is 5.96. The van der Waals surface area contributed by atoms with Crippen molar-refractivity contribution in [3.8, 4) is 0 Å². The van der Waals surface area contributed by atoms with Crippen LogP contribution in [0.5, 0.6) is 0 Å². The van der Waals surface area contributed by atoms with Crippen LogP contribution >= 0.6 is 0 Å². The minimum atomic E-state index is -1.16. The Morgan fingerprint density at radius 2 is 1.86 bits per heavy atom. The summed E-state index contributed by atoms with van der Waals surface area (Å²) < 4.78 is 15.2. The fourth-order valence-electron chi connectivity index (χ4n) is 1.72. The molecule has 1 unspecified atom stereocenters. The summed E-state index contributed by atoms with van der Waals surface area (Å²) in [7, 11) is 3.04. The van der Waals surface area contributed by atoms with E-state index in [1.54, 1.807) is 7.11 Å². The Bertz CT molecular complexity index is 502. The molecule has 1 aromatic rings. The molecule has 3 N–H and O–H groups in total. The molecule has 1 aromatic carbocycles. The second-order valence-electron chi connectivity index (χ2n) is 4.41. The highest BCUT2D eigenvalue weighted by Crippen LogP contribution is 2.15. The molecule has 7 nitrogen and oxygen atoms in total. The smallest absolute Gasteiger partial charge is 0.338 e. The lowest BCUT2D eigenvalue weighted by Gasteiger charge is -2.17. The zero-order chi connectivity index (χ0) is 15.8. The average molecular weight is 297 g/mol. The Morgan fingerprint density at radius 3 is 2.43 bits per heavy atom. The molecule has 1 atom stereocenters. The van der Waals surface area contributed by atoms with Gasteiger partial charge in [-0.3, -0.25) is 0 Å². The summed E-state index contributed by atoms with van der Waals surface area (Å²) in [6.07, 6.45) is 0.00152. The van der Waals surface area contributed by atoms with E-state index in [-0.39, 0.29) is 23.4 Å². The lowest BCUT2D eigenvalue weighted by atomic mass is 10.1. The number of aromatic carboxylic acids is 1. The standard InChI is InChI=1S/C14H19NO6/c1-19-4-3-12(8-20-2)21-14(18)10-5-9(13(16)17)6-11(15)7-10/h5-7,12H,3-4,8,15H2,1-2H3,(H,16,17). The number of carboxylic acids is 1. The fraction of sp³-hybridized carbons (Fsp3) is 0.429. The van der Waals surface area contributed by atoms with Gasteiger partial charge in [0.1, 0.15) is 6.10 Å². The van der Waals surface area contributed by atoms with Gasteiger partial charge >= 0.3 is 11.9 Å². The summed E-state index contributed by atoms with van der Waals surface area (Å²) in [5.41, 5.74) is 5.79. The molecule has 116 valence electrons. The van der Waals surface area contributed by atoms with Crippen molar-refractivity contribution >= 4 is 17.6 Å². The molecule has 0 fully saturated rings. The van der Waals surface area contributed by atoms with E-state index in [1.165, 1.54) is 25.3 Å². The Morgan fingerprint density at radius 1 is 1.19 bits per heavy atom. The van der Waals surface area contributed by atoms with Crippen molar-refractivity contribution in [2.45, 2.75) is 12.5 Å². The van der Waals surface area contributed by atoms with E-state index in [2.05, 4.69) is 0 Å². The van der Waals surface area contributed by atoms with E-state index in [1.807, 2.05) is 0 Å². The van der Waals surface area contributed by atoms with E-state index in [4.69, 9.17) is 25.1 Å². The summed E-state index contributed by atoms with van der Waals surface area (Å²) in [6.45, 7) is 0.641. The maximum atomic E-state index is 12.1. The predicted molar refractivity (Wildman–Crippen MR) is 75.4 cm³/mol. The van der Waals surface area contributed by atoms with Crippen LogP contribution in [0, 0.1) is 0 Å². The first-order chi connectivity index (χ1) is 9.97. The van der Waals surface area contributed by atoms with Crippen molar-refractivity contribution < 1.29 is 28.9 Å². The number of carbonyl (C=O) groups excluding carboxylic acids is 1. The first-order valence-electron chi connectivity index (χ1n) is 6.30. The Labute approximate surface area is 122 Å². The normalized spacial score (nSPS) is 11.9. The lowest BCUT2D eigenvalue weighted by molar-refractivity contribution is -0.00432. The third-order valence-corrected chi connectivity index (χ3v) is 2.71. The van der Waals surface area contributed by atoms with E-state index in [9.17, 15) is 9.59 Å². The Balaban J connectivity index is 2.83. The Hall–Kier alpha value is -2.12. The molecule has 1 rings (SSSR count). The van der Waals surface area contributed by atoms with Gasteiger partial charge in [0.05, 0.1) is 17.7 Å². The molecule has 0 bridgehead atoms. The third-order valence-electron chi connectivity index (χ3n) is 2.71. The van der Waals surface area contributed by atoms with Gasteiger partial charge in [-0.05, 0) is 18.2 Å². The molecule has 0 amide bonds. The summed E-state index contributed by atoms with van der Waals surface area (Å²) in [4.78, 5) is 23.0. The van der Waals surface area contributed by atoms with Gasteiger partial charge in [0.15, 0.2) is 0 Å². The minimum Gasteiger partial charge on any atom is -0.478 e. The maximum Gasteiger partial charge on any atom is 0.338 e. The molecule has 0 aromatic heterocycles. The number of methoxy groups -OCH3 is 2. The predicted octanol–water partition coefficient (Wildman–Crippen LogP) is 1.18. The molecule has 0 radical (unpaired) electrons. The second kappa shape index (κ2) is 8.23. The summed E-state index contributed by atoms with van der Waals surface area (Å²) >= 11 is 0. The number of anilines is 1. The SMILES string of the molecule is COCCC(COC)OC(=O)c1cc(N)cc(C(=O)O)c1. The van der Waals surface area contributed by atoms with Gasteiger partial charge in [0.2, 0.25) is 0 Å². The second-order valence-corrected chi connectivity index (χ2v) is 4.41. The molecule has 0 heterocycles. The summed E-state index contributed by atoms with van der Waals surface area (Å²) in [6, 6.07) is 3.87. The van der Waals surface area contributed by atoms with Crippen LogP contribution in [0.25, 0.3) is 0 Å². The van der Waals surface area contributed by atoms with Crippen molar-refractivity contribution in [3.63, 3.8) is 0 Å². The van der Waals surface area contributed by atoms with Crippen molar-refractivity contribution in [1.82, 2.24) is 0 Å². The van der Waals surface area contributed by atoms with Crippen LogP contribution in [0.1, 0.15) is 27.1 Å². The first-order valence-corrected chi connectivity index (χ1v) is 6.30. The van der Waals surface area contributed by atoms with Crippen molar-refractivity contribution in [3.05, 3.63) is 29.3 Å². The quantitative estimate of drug-likeness (QED) is 0.547. The van der Waals surface area contributed by atoms with Crippen molar-refractivity contribution in [1.29, 1.82) is 0 Å². The average Bonchev–Trinajstić information content (AvgIpc) is 2.44. The van der Waals surface area contributed by atoms with Crippen LogP contribution < -0.4 is 5.73 Å². The molecule has 21 heavy (non-hydrogen) atoms. The van der Waals surface area contributed by atoms with Gasteiger partial charge in [0, 0.05) is 32.9 Å². The van der Waals surface area contributed by atoms with Crippen LogP contribution in [0.15, 0.2) is 18.2 Å². The zero-order valence-electron chi connectivity index (χ0n) is 12.0. The molecule has 0 aliphatic carbocycles. The zero-order valence-corrected chi connectivity index (χ0v) is 12.0. The summed E-state index contributed by atoms with van der Waals surface area (Å²) in [5.74, 6) is -1.81. The first kappa shape index (κ1) is 16.9. The van der Waals surface area contributed by atoms with Crippen LogP contribution in [0.2, 0.25) is 0 Å². The number of nitrogen functional groups attached to an aromatic ring is 1. The summed E-state index contributed by atoms with van der Waals surface area (Å²) in [5, 5.41) is 8.95. The molecule has 0 spiro atoms. The van der Waals surface area contributed by atoms with Gasteiger partial charge < -0.3 is 25.1 Å². The number of hydrogen-bond donors (Lipinski definition) is 2. The molecule has 7 heteroatoms. The maximum absolute atomic E-state index is 12.1. The van der Waals surface area contributed by atoms with E-state index in [0.29, 0.717) is 13.0 Å². The van der Waals surface area contributed by atoms with Crippen LogP contribution in [0.4, 0.5) is 5.69 Å². The molecule has 0 saturated heterocycles. The highest BCUT2D eigenvalue weighted by Gasteiger charge is 2.18. The molecular formula is C14H19NO6. The number of hydrogen-bond acceptors (Lipinski definition) is 6. The molecule has 0 aliphatic rings. The number of carbonyl (C=O) groups is 2. The number of carboxylic acid groups (broad SMARTS) is 1. The third kappa shape index (κ3) is 5.41. The van der Waals surface area contributed by atoms with Crippen LogP contribution in [-0.2, 0) is 14.2 Å². The molecular weight excluding hydrogens is 278 g/mol. The van der Waals surface area contributed by atoms with Gasteiger partial charge in [-0.2, -0.15) is 0 Å². The minimum absolute atomic E-state index is 0.0675. The fourth-order valence-corrected chi connectivity index (χ4v) is 1.72. The van der Waals surface area contributed by atoms with Crippen LogP contribution in [-0.4, -0.2) is 50.6 Å². The molecule has 0 aliphatic heterocycles. The van der Waals surface area contributed by atoms with Gasteiger partial charge in [0.25, 0.3) is 0 Å². The number of nitrogens with two attached hydrogens (primary N) is 1. The van der Waals surface area contributed by atoms with E-state index >= 15 is 0 Å². The largest absolute Gasteiger partial charge is 0.478 e. The number of ether oxygens (including phenoxy) is 3. The lowest BCUT2D eigenvalue weighted by Crippen LogP contribution is -2.25. The van der Waals surface area contributed by atoms with E-state index < -0.39 is 18.0 Å². The number of rotatable bonds is 8. The monoisotopic (exact) mass is 297 g/mol. The van der Waals surface area contributed by atoms with Crippen molar-refractivity contribution in [2.75, 3.05) is 33.2 Å². The highest BCUT2D eigenvalue weighted by atomic mass is 16.6. The number of benzene rings is 1. The van der Waals surface area contributed by atoms with Gasteiger partial charge in [-0.1, -0.05) is 0 Å². The van der Waals surface area contributed by atoms with Crippen molar-refractivity contribution in [2.24, 2.45) is 0 Å². The van der Waals surface area contributed by atoms with E-state index in [0.717, 1.165) is 0 Å². The van der Waals surface area contributed by atoms with Gasteiger partial charge in [-0.15, -0.1) is 0 Å². The topological polar surface area (TPSA) is 108 Å². The number of esters is 1. The molecule has 0 saturated carbocycles. The van der Waals surface area contributed by atoms with Gasteiger partial charge in [-0.25, -0.2) is 9.59 Å².